The normalized spacial score (nSPS) is 17.0. The molecule has 0 unspecified atom stereocenters. The number of benzene rings is 2. The summed E-state index contributed by atoms with van der Waals surface area (Å²) in [6.45, 7) is 1.93. The van der Waals surface area contributed by atoms with E-state index in [2.05, 4.69) is 5.32 Å². The molecule has 9 heteroatoms. The molecule has 1 saturated heterocycles. The molecule has 1 aliphatic heterocycles. The van der Waals surface area contributed by atoms with Crippen LogP contribution in [0.25, 0.3) is 0 Å². The van der Waals surface area contributed by atoms with Crippen LogP contribution in [0.5, 0.6) is 0 Å². The second-order valence-electron chi connectivity index (χ2n) is 7.34. The lowest BCUT2D eigenvalue weighted by atomic mass is 10.2. The highest BCUT2D eigenvalue weighted by molar-refractivity contribution is 7.89. The third kappa shape index (κ3) is 4.85. The maximum absolute atomic E-state index is 13.2. The van der Waals surface area contributed by atoms with Gasteiger partial charge < -0.3 is 10.2 Å². The van der Waals surface area contributed by atoms with Crippen molar-refractivity contribution in [3.63, 3.8) is 0 Å². The predicted octanol–water partition coefficient (Wildman–Crippen LogP) is 2.38. The number of halogens is 1. The third-order valence-electron chi connectivity index (χ3n) is 5.00. The van der Waals surface area contributed by atoms with E-state index in [1.807, 2.05) is 19.1 Å². The third-order valence-corrected chi connectivity index (χ3v) is 6.92. The van der Waals surface area contributed by atoms with Crippen molar-refractivity contribution in [3.05, 3.63) is 59.9 Å². The molecule has 2 amide bonds. The number of anilines is 1. The number of nitrogens with zero attached hydrogens (tertiary/aromatic N) is 2. The molecule has 1 fully saturated rings. The lowest BCUT2D eigenvalue weighted by Crippen LogP contribution is -2.48. The average molecular weight is 434 g/mol. The molecule has 0 bridgehead atoms. The van der Waals surface area contributed by atoms with Crippen LogP contribution in [-0.4, -0.2) is 55.6 Å². The van der Waals surface area contributed by atoms with Crippen LogP contribution in [0.3, 0.4) is 0 Å². The Kier molecular flexibility index (Phi) is 6.52. The molecule has 3 rings (SSSR count). The minimum absolute atomic E-state index is 0.0663. The van der Waals surface area contributed by atoms with E-state index >= 15 is 0 Å². The maximum Gasteiger partial charge on any atom is 0.243 e. The summed E-state index contributed by atoms with van der Waals surface area (Å²) in [7, 11) is -2.48. The van der Waals surface area contributed by atoms with Crippen LogP contribution in [0, 0.1) is 12.7 Å². The Labute approximate surface area is 175 Å². The van der Waals surface area contributed by atoms with Crippen molar-refractivity contribution in [3.8, 4) is 0 Å². The molecule has 0 saturated carbocycles. The molecule has 1 N–H and O–H groups in total. The Morgan fingerprint density at radius 1 is 1.13 bits per heavy atom. The molecule has 7 nitrogen and oxygen atoms in total. The van der Waals surface area contributed by atoms with E-state index in [9.17, 15) is 22.4 Å². The first-order valence-corrected chi connectivity index (χ1v) is 11.0. The second kappa shape index (κ2) is 8.93. The van der Waals surface area contributed by atoms with Gasteiger partial charge in [0.25, 0.3) is 0 Å². The van der Waals surface area contributed by atoms with Gasteiger partial charge in [0.1, 0.15) is 11.9 Å². The molecule has 1 heterocycles. The van der Waals surface area contributed by atoms with Gasteiger partial charge >= 0.3 is 0 Å². The number of aryl methyl sites for hydroxylation is 1. The van der Waals surface area contributed by atoms with Gasteiger partial charge in [0.15, 0.2) is 0 Å². The number of sulfonamides is 1. The highest BCUT2D eigenvalue weighted by Crippen LogP contribution is 2.27. The van der Waals surface area contributed by atoms with E-state index < -0.39 is 27.8 Å². The minimum atomic E-state index is -3.95. The number of likely N-dealkylation sites (N-methyl/N-ethyl adjacent to an activating group) is 1. The van der Waals surface area contributed by atoms with Gasteiger partial charge in [-0.1, -0.05) is 17.7 Å². The van der Waals surface area contributed by atoms with E-state index in [4.69, 9.17) is 0 Å². The number of rotatable bonds is 6. The summed E-state index contributed by atoms with van der Waals surface area (Å²) < 4.78 is 40.1. The zero-order chi connectivity index (χ0) is 21.9. The van der Waals surface area contributed by atoms with Gasteiger partial charge in [-0.05, 0) is 56.2 Å². The largest absolute Gasteiger partial charge is 0.335 e. The monoisotopic (exact) mass is 433 g/mol. The van der Waals surface area contributed by atoms with Crippen molar-refractivity contribution in [1.82, 2.24) is 9.21 Å². The molecular formula is C21H24FN3O4S. The van der Waals surface area contributed by atoms with Gasteiger partial charge in [-0.2, -0.15) is 4.31 Å². The molecule has 2 aromatic carbocycles. The number of carbonyl (C=O) groups is 2. The first-order chi connectivity index (χ1) is 14.2. The molecule has 0 radical (unpaired) electrons. The van der Waals surface area contributed by atoms with E-state index in [-0.39, 0.29) is 23.9 Å². The van der Waals surface area contributed by atoms with Crippen molar-refractivity contribution in [1.29, 1.82) is 0 Å². The van der Waals surface area contributed by atoms with Crippen molar-refractivity contribution >= 4 is 27.5 Å². The summed E-state index contributed by atoms with van der Waals surface area (Å²) in [6, 6.07) is 10.9. The number of carbonyl (C=O) groups excluding carboxylic acids is 2. The van der Waals surface area contributed by atoms with Crippen LogP contribution in [0.15, 0.2) is 53.4 Å². The van der Waals surface area contributed by atoms with Crippen LogP contribution in [0.4, 0.5) is 10.1 Å². The minimum Gasteiger partial charge on any atom is -0.335 e. The van der Waals surface area contributed by atoms with Crippen LogP contribution >= 0.6 is 0 Å². The Morgan fingerprint density at radius 2 is 1.77 bits per heavy atom. The van der Waals surface area contributed by atoms with Crippen LogP contribution in [-0.2, 0) is 19.6 Å². The van der Waals surface area contributed by atoms with E-state index in [1.54, 1.807) is 12.1 Å². The SMILES string of the molecule is Cc1ccc(NC(=O)CN(C)C(=O)[C@@H]2CCCN2S(=O)(=O)c2ccc(F)cc2)cc1. The topological polar surface area (TPSA) is 86.8 Å². The molecule has 2 aromatic rings. The summed E-state index contributed by atoms with van der Waals surface area (Å²) >= 11 is 0. The highest BCUT2D eigenvalue weighted by atomic mass is 32.2. The summed E-state index contributed by atoms with van der Waals surface area (Å²) in [6.07, 6.45) is 0.892. The van der Waals surface area contributed by atoms with Gasteiger partial charge in [0.05, 0.1) is 11.4 Å². The lowest BCUT2D eigenvalue weighted by molar-refractivity contribution is -0.136. The fourth-order valence-corrected chi connectivity index (χ4v) is 5.05. The smallest absolute Gasteiger partial charge is 0.243 e. The maximum atomic E-state index is 13.2. The Balaban J connectivity index is 1.67. The quantitative estimate of drug-likeness (QED) is 0.758. The molecule has 0 aromatic heterocycles. The van der Waals surface area contributed by atoms with Crippen molar-refractivity contribution in [2.45, 2.75) is 30.7 Å². The van der Waals surface area contributed by atoms with Crippen molar-refractivity contribution in [2.24, 2.45) is 0 Å². The molecule has 0 spiro atoms. The summed E-state index contributed by atoms with van der Waals surface area (Å²) in [5, 5.41) is 2.72. The standard InChI is InChI=1S/C21H24FN3O4S/c1-15-5-9-17(10-6-15)23-20(26)14-24(2)21(27)19-4-3-13-25(19)30(28,29)18-11-7-16(22)8-12-18/h5-12,19H,3-4,13-14H2,1-2H3,(H,23,26)/t19-/m0/s1. The summed E-state index contributed by atoms with van der Waals surface area (Å²) in [4.78, 5) is 26.3. The number of amides is 2. The summed E-state index contributed by atoms with van der Waals surface area (Å²) in [5.74, 6) is -1.36. The average Bonchev–Trinajstić information content (AvgIpc) is 3.20. The highest BCUT2D eigenvalue weighted by Gasteiger charge is 2.40. The van der Waals surface area contributed by atoms with Gasteiger partial charge in [0.2, 0.25) is 21.8 Å². The number of hydrogen-bond acceptors (Lipinski definition) is 4. The van der Waals surface area contributed by atoms with Gasteiger partial charge in [-0.3, -0.25) is 9.59 Å². The van der Waals surface area contributed by atoms with Crippen molar-refractivity contribution in [2.75, 3.05) is 25.5 Å². The molecule has 30 heavy (non-hydrogen) atoms. The van der Waals surface area contributed by atoms with E-state index in [0.717, 1.165) is 22.0 Å². The summed E-state index contributed by atoms with van der Waals surface area (Å²) in [5.41, 5.74) is 1.68. The predicted molar refractivity (Wildman–Crippen MR) is 111 cm³/mol. The number of nitrogens with one attached hydrogen (secondary N) is 1. The van der Waals surface area contributed by atoms with Gasteiger partial charge in [-0.15, -0.1) is 0 Å². The fraction of sp³-hybridized carbons (Fsp3) is 0.333. The lowest BCUT2D eigenvalue weighted by Gasteiger charge is -2.27. The number of hydrogen-bond donors (Lipinski definition) is 1. The molecule has 160 valence electrons. The van der Waals surface area contributed by atoms with Gasteiger partial charge in [-0.25, -0.2) is 12.8 Å². The molecular weight excluding hydrogens is 409 g/mol. The second-order valence-corrected chi connectivity index (χ2v) is 9.23. The van der Waals surface area contributed by atoms with Gasteiger partial charge in [0, 0.05) is 19.3 Å². The van der Waals surface area contributed by atoms with E-state index in [1.165, 1.54) is 24.1 Å². The van der Waals surface area contributed by atoms with Crippen LogP contribution in [0.1, 0.15) is 18.4 Å². The van der Waals surface area contributed by atoms with Crippen LogP contribution < -0.4 is 5.32 Å². The van der Waals surface area contributed by atoms with Crippen molar-refractivity contribution < 1.29 is 22.4 Å². The molecule has 1 atom stereocenters. The Bertz CT molecular complexity index is 1020. The van der Waals surface area contributed by atoms with E-state index in [0.29, 0.717) is 18.5 Å². The Morgan fingerprint density at radius 3 is 2.40 bits per heavy atom. The zero-order valence-electron chi connectivity index (χ0n) is 16.8. The zero-order valence-corrected chi connectivity index (χ0v) is 17.7. The molecule has 0 aliphatic carbocycles. The Hall–Kier alpha value is -2.78. The first-order valence-electron chi connectivity index (χ1n) is 9.57. The van der Waals surface area contributed by atoms with Crippen LogP contribution in [0.2, 0.25) is 0 Å². The fourth-order valence-electron chi connectivity index (χ4n) is 3.40. The first kappa shape index (κ1) is 21.9. The molecule has 1 aliphatic rings.